The number of hydrogen-bond acceptors (Lipinski definition) is 8. The van der Waals surface area contributed by atoms with Gasteiger partial charge in [0.2, 0.25) is 23.6 Å². The van der Waals surface area contributed by atoms with Crippen molar-refractivity contribution in [3.63, 3.8) is 0 Å². The highest BCUT2D eigenvalue weighted by Gasteiger charge is 2.50. The van der Waals surface area contributed by atoms with Crippen molar-refractivity contribution in [1.29, 1.82) is 0 Å². The highest BCUT2D eigenvalue weighted by molar-refractivity contribution is 5.98. The third-order valence-corrected chi connectivity index (χ3v) is 11.4. The molecule has 2 aliphatic heterocycles. The number of unbranched alkanes of at least 4 members (excludes halogenated alkanes) is 6. The van der Waals surface area contributed by atoms with Crippen LogP contribution in [0.25, 0.3) is 0 Å². The van der Waals surface area contributed by atoms with E-state index in [1.54, 1.807) is 6.92 Å². The Morgan fingerprint density at radius 3 is 1.73 bits per heavy atom. The van der Waals surface area contributed by atoms with Gasteiger partial charge < -0.3 is 30.7 Å². The van der Waals surface area contributed by atoms with Crippen molar-refractivity contribution in [3.05, 3.63) is 71.8 Å². The van der Waals surface area contributed by atoms with E-state index in [9.17, 15) is 24.0 Å². The topological polar surface area (TPSA) is 158 Å². The molecule has 5 atom stereocenters. The van der Waals surface area contributed by atoms with E-state index in [1.165, 1.54) is 19.3 Å². The normalized spacial score (nSPS) is 18.6. The summed E-state index contributed by atoms with van der Waals surface area (Å²) in [5, 5.41) is 11.8. The Labute approximate surface area is 359 Å². The summed E-state index contributed by atoms with van der Waals surface area (Å²) in [6.45, 7) is 14.8. The van der Waals surface area contributed by atoms with E-state index >= 15 is 0 Å². The van der Waals surface area contributed by atoms with E-state index in [2.05, 4.69) is 26.2 Å². The lowest BCUT2D eigenvalue weighted by molar-refractivity contribution is -0.135. The first-order chi connectivity index (χ1) is 28.8. The summed E-state index contributed by atoms with van der Waals surface area (Å²) < 4.78 is 10.9. The van der Waals surface area contributed by atoms with E-state index in [1.807, 2.05) is 88.4 Å². The summed E-state index contributed by atoms with van der Waals surface area (Å²) in [4.78, 5) is 71.5. The van der Waals surface area contributed by atoms with Gasteiger partial charge in [0.15, 0.2) is 5.78 Å². The van der Waals surface area contributed by atoms with Crippen LogP contribution in [0.1, 0.15) is 116 Å². The Kier molecular flexibility index (Phi) is 20.7. The van der Waals surface area contributed by atoms with Gasteiger partial charge in [0, 0.05) is 25.9 Å². The number of aryl methyl sites for hydroxylation is 1. The molecule has 2 aromatic carbocycles. The number of nitrogens with one attached hydrogen (secondary N) is 4. The largest absolute Gasteiger partial charge is 0.379 e. The summed E-state index contributed by atoms with van der Waals surface area (Å²) in [6.07, 6.45) is 9.67. The minimum Gasteiger partial charge on any atom is -0.379 e. The van der Waals surface area contributed by atoms with Gasteiger partial charge in [0.1, 0.15) is 23.7 Å². The molecule has 0 aromatic heterocycles. The zero-order valence-electron chi connectivity index (χ0n) is 37.0. The molecule has 12 heteroatoms. The second-order valence-corrected chi connectivity index (χ2v) is 17.8. The van der Waals surface area contributed by atoms with Crippen LogP contribution in [-0.2, 0) is 46.3 Å². The van der Waals surface area contributed by atoms with Gasteiger partial charge >= 0.3 is 0 Å². The number of nitrogens with zero attached hydrogens (tertiary/aromatic N) is 1. The molecule has 2 aromatic rings. The second-order valence-electron chi connectivity index (χ2n) is 17.8. The molecule has 0 radical (unpaired) electrons. The molecule has 0 spiro atoms. The van der Waals surface area contributed by atoms with E-state index in [-0.39, 0.29) is 29.9 Å². The Bertz CT molecular complexity index is 1610. The van der Waals surface area contributed by atoms with Crippen LogP contribution in [0, 0.1) is 11.8 Å². The summed E-state index contributed by atoms with van der Waals surface area (Å²) >= 11 is 0. The van der Waals surface area contributed by atoms with Gasteiger partial charge in [0.05, 0.1) is 25.9 Å². The molecule has 332 valence electrons. The second kappa shape index (κ2) is 25.6. The van der Waals surface area contributed by atoms with Gasteiger partial charge in [0.25, 0.3) is 0 Å². The fraction of sp³-hybridized carbons (Fsp3) is 0.646. The highest BCUT2D eigenvalue weighted by Crippen LogP contribution is 2.30. The first-order valence-electron chi connectivity index (χ1n) is 22.6. The minimum absolute atomic E-state index is 0.0249. The molecule has 4 amide bonds. The summed E-state index contributed by atoms with van der Waals surface area (Å²) in [5.74, 6) is -1.66. The molecule has 0 aliphatic carbocycles. The number of epoxide rings is 1. The molecule has 4 rings (SSSR count). The smallest absolute Gasteiger partial charge is 0.243 e. The van der Waals surface area contributed by atoms with Crippen molar-refractivity contribution in [2.24, 2.45) is 11.8 Å². The summed E-state index contributed by atoms with van der Waals surface area (Å²) in [7, 11) is 0. The number of carbonyl (C=O) groups is 5. The lowest BCUT2D eigenvalue weighted by Gasteiger charge is -2.28. The average molecular weight is 832 g/mol. The van der Waals surface area contributed by atoms with Crippen LogP contribution in [0.4, 0.5) is 0 Å². The number of rotatable bonds is 28. The third kappa shape index (κ3) is 17.8. The zero-order chi connectivity index (χ0) is 43.3. The van der Waals surface area contributed by atoms with Gasteiger partial charge in [-0.15, -0.1) is 0 Å². The van der Waals surface area contributed by atoms with Gasteiger partial charge in [-0.3, -0.25) is 28.9 Å². The van der Waals surface area contributed by atoms with Crippen LogP contribution in [0.3, 0.4) is 0 Å². The van der Waals surface area contributed by atoms with Crippen molar-refractivity contribution in [1.82, 2.24) is 26.2 Å². The minimum atomic E-state index is -1.02. The van der Waals surface area contributed by atoms with Crippen LogP contribution in [0.15, 0.2) is 60.7 Å². The van der Waals surface area contributed by atoms with Crippen LogP contribution in [0.2, 0.25) is 0 Å². The zero-order valence-corrected chi connectivity index (χ0v) is 37.0. The van der Waals surface area contributed by atoms with E-state index in [0.29, 0.717) is 38.7 Å². The molecular weight excluding hydrogens is 759 g/mol. The predicted octanol–water partition coefficient (Wildman–Crippen LogP) is 5.70. The Hall–Kier alpha value is -4.13. The number of ether oxygens (including phenoxy) is 2. The molecule has 2 saturated heterocycles. The Morgan fingerprint density at radius 2 is 1.13 bits per heavy atom. The molecule has 0 saturated carbocycles. The quantitative estimate of drug-likeness (QED) is 0.0628. The third-order valence-electron chi connectivity index (χ3n) is 11.4. The fourth-order valence-corrected chi connectivity index (χ4v) is 7.72. The van der Waals surface area contributed by atoms with Crippen LogP contribution in [-0.4, -0.2) is 104 Å². The molecule has 12 nitrogen and oxygen atoms in total. The molecule has 4 N–H and O–H groups in total. The molecule has 2 heterocycles. The maximum absolute atomic E-state index is 14.2. The Balaban J connectivity index is 1.37. The monoisotopic (exact) mass is 832 g/mol. The number of hydrogen-bond donors (Lipinski definition) is 4. The summed E-state index contributed by atoms with van der Waals surface area (Å²) in [5.41, 5.74) is 0.944. The first-order valence-corrected chi connectivity index (χ1v) is 22.6. The van der Waals surface area contributed by atoms with Crippen molar-refractivity contribution >= 4 is 29.4 Å². The molecule has 60 heavy (non-hydrogen) atoms. The molecule has 2 aliphatic rings. The lowest BCUT2D eigenvalue weighted by atomic mass is 9.93. The molecule has 0 bridgehead atoms. The van der Waals surface area contributed by atoms with Crippen LogP contribution in [0.5, 0.6) is 0 Å². The number of benzene rings is 2. The number of ketones is 1. The van der Waals surface area contributed by atoms with E-state index in [4.69, 9.17) is 9.47 Å². The number of Topliss-reactive ketones (excluding diaryl/α,β-unsaturated/α-hetero) is 1. The van der Waals surface area contributed by atoms with Gasteiger partial charge in [-0.1, -0.05) is 120 Å². The van der Waals surface area contributed by atoms with Gasteiger partial charge in [-0.25, -0.2) is 0 Å². The highest BCUT2D eigenvalue weighted by atomic mass is 16.6. The van der Waals surface area contributed by atoms with Crippen LogP contribution >= 0.6 is 0 Å². The SMILES string of the molecule is CC(C)CC(NC(=O)[C@H](CCc1ccccc1)NC(=O)CCCCCCCCCN1CCOCC1)C(=O)N[C@@H](Cc1ccccc1)C(=O)NC(CC(C)C)C(=O)C1(C)CO1. The standard InChI is InChI=1S/C48H73N5O7/c1-35(2)31-40(44(55)48(5)34-60-48)50-47(58)42(33-38-21-15-12-16-22-38)52-46(57)41(32-36(3)4)51-45(56)39(25-24-37-19-13-11-14-20-37)49-43(54)23-17-9-7-6-8-10-18-26-53-27-29-59-30-28-53/h11-16,19-22,35-36,39-42H,6-10,17-18,23-34H2,1-5H3,(H,49,54)(H,50,58)(H,51,56)(H,52,57)/t39-,40?,41?,42-,48?/m0/s1. The molecular formula is C48H73N5O7. The van der Waals surface area contributed by atoms with Crippen molar-refractivity contribution in [2.75, 3.05) is 39.5 Å². The molecule has 3 unspecified atom stereocenters. The van der Waals surface area contributed by atoms with E-state index < -0.39 is 47.5 Å². The maximum Gasteiger partial charge on any atom is 0.243 e. The first kappa shape index (κ1) is 48.5. The predicted molar refractivity (Wildman–Crippen MR) is 235 cm³/mol. The average Bonchev–Trinajstić information content (AvgIpc) is 3.99. The fourth-order valence-electron chi connectivity index (χ4n) is 7.72. The van der Waals surface area contributed by atoms with Gasteiger partial charge in [-0.05, 0) is 75.0 Å². The maximum atomic E-state index is 14.2. The van der Waals surface area contributed by atoms with E-state index in [0.717, 1.165) is 69.7 Å². The number of morpholine rings is 1. The van der Waals surface area contributed by atoms with Crippen LogP contribution < -0.4 is 21.3 Å². The van der Waals surface area contributed by atoms with Crippen molar-refractivity contribution in [2.45, 2.75) is 148 Å². The van der Waals surface area contributed by atoms with Crippen molar-refractivity contribution < 1.29 is 33.4 Å². The Morgan fingerprint density at radius 1 is 0.633 bits per heavy atom. The molecule has 2 fully saturated rings. The number of carbonyl (C=O) groups excluding carboxylic acids is 5. The lowest BCUT2D eigenvalue weighted by Crippen LogP contribution is -2.59. The van der Waals surface area contributed by atoms with Crippen molar-refractivity contribution in [3.8, 4) is 0 Å². The summed E-state index contributed by atoms with van der Waals surface area (Å²) in [6, 6.07) is 15.5. The number of amides is 4. The van der Waals surface area contributed by atoms with Gasteiger partial charge in [-0.2, -0.15) is 0 Å².